The van der Waals surface area contributed by atoms with Crippen LogP contribution in [0.15, 0.2) is 60.8 Å². The number of rotatable bonds is 9. The third-order valence-corrected chi connectivity index (χ3v) is 3.95. The van der Waals surface area contributed by atoms with Gasteiger partial charge in [0.2, 0.25) is 5.95 Å². The summed E-state index contributed by atoms with van der Waals surface area (Å²) in [5.41, 5.74) is 2.17. The van der Waals surface area contributed by atoms with E-state index in [4.69, 9.17) is 9.47 Å². The first-order valence-corrected chi connectivity index (χ1v) is 8.96. The van der Waals surface area contributed by atoms with Crippen LogP contribution in [0, 0.1) is 0 Å². The highest BCUT2D eigenvalue weighted by atomic mass is 16.5. The van der Waals surface area contributed by atoms with Gasteiger partial charge in [0.15, 0.2) is 0 Å². The molecular formula is C21H24N4O2. The van der Waals surface area contributed by atoms with Gasteiger partial charge in [0.1, 0.15) is 17.3 Å². The van der Waals surface area contributed by atoms with Gasteiger partial charge in [-0.1, -0.05) is 12.1 Å². The fourth-order valence-corrected chi connectivity index (χ4v) is 2.57. The molecule has 2 aromatic carbocycles. The van der Waals surface area contributed by atoms with Crippen LogP contribution in [0.4, 0.5) is 17.5 Å². The van der Waals surface area contributed by atoms with E-state index in [9.17, 15) is 0 Å². The van der Waals surface area contributed by atoms with E-state index < -0.39 is 0 Å². The summed E-state index contributed by atoms with van der Waals surface area (Å²) in [6.07, 6.45) is 2.61. The van der Waals surface area contributed by atoms with Crippen molar-refractivity contribution in [2.45, 2.75) is 13.3 Å². The van der Waals surface area contributed by atoms with Crippen molar-refractivity contribution in [1.82, 2.24) is 9.97 Å². The molecule has 0 atom stereocenters. The number of benzene rings is 2. The van der Waals surface area contributed by atoms with E-state index >= 15 is 0 Å². The quantitative estimate of drug-likeness (QED) is 0.591. The largest absolute Gasteiger partial charge is 0.497 e. The SMILES string of the molecule is CCOc1ccc(Nc2ccnc(NCCc3ccc(OC)cc3)n2)cc1. The van der Waals surface area contributed by atoms with E-state index in [1.807, 2.05) is 49.4 Å². The molecule has 0 spiro atoms. The van der Waals surface area contributed by atoms with Crippen molar-refractivity contribution < 1.29 is 9.47 Å². The number of methoxy groups -OCH3 is 1. The molecule has 1 aromatic heterocycles. The lowest BCUT2D eigenvalue weighted by Gasteiger charge is -2.09. The molecule has 0 fully saturated rings. The van der Waals surface area contributed by atoms with Crippen LogP contribution in [0.25, 0.3) is 0 Å². The zero-order chi connectivity index (χ0) is 18.9. The molecule has 6 nitrogen and oxygen atoms in total. The van der Waals surface area contributed by atoms with E-state index in [0.717, 1.165) is 36.0 Å². The minimum absolute atomic E-state index is 0.597. The Kier molecular flexibility index (Phi) is 6.46. The smallest absolute Gasteiger partial charge is 0.224 e. The van der Waals surface area contributed by atoms with Crippen molar-refractivity contribution in [3.05, 3.63) is 66.4 Å². The predicted molar refractivity (Wildman–Crippen MR) is 108 cm³/mol. The maximum atomic E-state index is 5.45. The second-order valence-corrected chi connectivity index (χ2v) is 5.87. The zero-order valence-corrected chi connectivity index (χ0v) is 15.6. The Bertz CT molecular complexity index is 836. The maximum Gasteiger partial charge on any atom is 0.224 e. The molecule has 1 heterocycles. The van der Waals surface area contributed by atoms with E-state index in [2.05, 4.69) is 32.7 Å². The van der Waals surface area contributed by atoms with Crippen LogP contribution < -0.4 is 20.1 Å². The second kappa shape index (κ2) is 9.43. The topological polar surface area (TPSA) is 68.3 Å². The van der Waals surface area contributed by atoms with Gasteiger partial charge < -0.3 is 20.1 Å². The Labute approximate surface area is 159 Å². The Morgan fingerprint density at radius 2 is 1.67 bits per heavy atom. The number of aromatic nitrogens is 2. The van der Waals surface area contributed by atoms with Crippen molar-refractivity contribution in [1.29, 1.82) is 0 Å². The number of hydrogen-bond acceptors (Lipinski definition) is 6. The number of anilines is 3. The van der Waals surface area contributed by atoms with Crippen molar-refractivity contribution in [3.63, 3.8) is 0 Å². The summed E-state index contributed by atoms with van der Waals surface area (Å²) in [6.45, 7) is 3.37. The Balaban J connectivity index is 1.53. The molecule has 3 aromatic rings. The first-order chi connectivity index (χ1) is 13.3. The molecule has 0 aliphatic heterocycles. The minimum Gasteiger partial charge on any atom is -0.497 e. The Morgan fingerprint density at radius 3 is 2.37 bits per heavy atom. The highest BCUT2D eigenvalue weighted by molar-refractivity contribution is 5.57. The predicted octanol–water partition coefficient (Wildman–Crippen LogP) is 4.28. The fourth-order valence-electron chi connectivity index (χ4n) is 2.57. The lowest BCUT2D eigenvalue weighted by molar-refractivity contribution is 0.340. The summed E-state index contributed by atoms with van der Waals surface area (Å²) in [6, 6.07) is 17.7. The molecule has 0 aliphatic rings. The van der Waals surface area contributed by atoms with Crippen LogP contribution in [0.1, 0.15) is 12.5 Å². The molecule has 2 N–H and O–H groups in total. The lowest BCUT2D eigenvalue weighted by atomic mass is 10.1. The van der Waals surface area contributed by atoms with Crippen molar-refractivity contribution in [2.75, 3.05) is 30.9 Å². The van der Waals surface area contributed by atoms with Gasteiger partial charge >= 0.3 is 0 Å². The van der Waals surface area contributed by atoms with Gasteiger partial charge in [-0.25, -0.2) is 4.98 Å². The minimum atomic E-state index is 0.597. The van der Waals surface area contributed by atoms with Crippen LogP contribution in [0.2, 0.25) is 0 Å². The van der Waals surface area contributed by atoms with E-state index in [0.29, 0.717) is 12.6 Å². The first-order valence-electron chi connectivity index (χ1n) is 8.96. The van der Waals surface area contributed by atoms with Crippen molar-refractivity contribution in [2.24, 2.45) is 0 Å². The van der Waals surface area contributed by atoms with Crippen LogP contribution in [-0.2, 0) is 6.42 Å². The molecule has 140 valence electrons. The molecule has 0 amide bonds. The van der Waals surface area contributed by atoms with Gasteiger partial charge in [-0.3, -0.25) is 0 Å². The molecule has 0 unspecified atom stereocenters. The van der Waals surface area contributed by atoms with Gasteiger partial charge in [0.05, 0.1) is 13.7 Å². The van der Waals surface area contributed by atoms with Gasteiger partial charge in [-0.2, -0.15) is 4.98 Å². The van der Waals surface area contributed by atoms with Crippen LogP contribution >= 0.6 is 0 Å². The van der Waals surface area contributed by atoms with Gasteiger partial charge in [-0.05, 0) is 61.4 Å². The molecule has 0 aliphatic carbocycles. The third kappa shape index (κ3) is 5.60. The van der Waals surface area contributed by atoms with Gasteiger partial charge in [0, 0.05) is 18.4 Å². The highest BCUT2D eigenvalue weighted by Crippen LogP contribution is 2.19. The van der Waals surface area contributed by atoms with Crippen molar-refractivity contribution in [3.8, 4) is 11.5 Å². The lowest BCUT2D eigenvalue weighted by Crippen LogP contribution is -2.08. The second-order valence-electron chi connectivity index (χ2n) is 5.87. The van der Waals surface area contributed by atoms with Crippen LogP contribution in [0.5, 0.6) is 11.5 Å². The zero-order valence-electron chi connectivity index (χ0n) is 15.6. The number of nitrogens with one attached hydrogen (secondary N) is 2. The summed E-state index contributed by atoms with van der Waals surface area (Å²) in [4.78, 5) is 8.78. The van der Waals surface area contributed by atoms with Gasteiger partial charge in [-0.15, -0.1) is 0 Å². The number of nitrogens with zero attached hydrogens (tertiary/aromatic N) is 2. The Morgan fingerprint density at radius 1 is 0.926 bits per heavy atom. The van der Waals surface area contributed by atoms with Crippen LogP contribution in [0.3, 0.4) is 0 Å². The van der Waals surface area contributed by atoms with E-state index in [1.54, 1.807) is 13.3 Å². The molecule has 6 heteroatoms. The summed E-state index contributed by atoms with van der Waals surface area (Å²) in [5.74, 6) is 3.05. The number of hydrogen-bond donors (Lipinski definition) is 2. The summed E-state index contributed by atoms with van der Waals surface area (Å²) >= 11 is 0. The van der Waals surface area contributed by atoms with Crippen molar-refractivity contribution >= 4 is 17.5 Å². The Hall–Kier alpha value is -3.28. The molecule has 0 saturated heterocycles. The molecule has 0 radical (unpaired) electrons. The third-order valence-electron chi connectivity index (χ3n) is 3.95. The molecule has 0 bridgehead atoms. The average molecular weight is 364 g/mol. The van der Waals surface area contributed by atoms with E-state index in [-0.39, 0.29) is 0 Å². The van der Waals surface area contributed by atoms with Crippen LogP contribution in [-0.4, -0.2) is 30.2 Å². The summed E-state index contributed by atoms with van der Waals surface area (Å²) in [5, 5.41) is 6.53. The molecular weight excluding hydrogens is 340 g/mol. The normalized spacial score (nSPS) is 10.3. The molecule has 27 heavy (non-hydrogen) atoms. The van der Waals surface area contributed by atoms with E-state index in [1.165, 1.54) is 5.56 Å². The fraction of sp³-hybridized carbons (Fsp3) is 0.238. The average Bonchev–Trinajstić information content (AvgIpc) is 2.71. The highest BCUT2D eigenvalue weighted by Gasteiger charge is 2.01. The summed E-state index contributed by atoms with van der Waals surface area (Å²) < 4.78 is 10.6. The number of ether oxygens (including phenoxy) is 2. The monoisotopic (exact) mass is 364 g/mol. The standard InChI is InChI=1S/C21H24N4O2/c1-3-27-19-10-6-17(7-11-19)24-20-13-15-23-21(25-20)22-14-12-16-4-8-18(26-2)9-5-16/h4-11,13,15H,3,12,14H2,1-2H3,(H2,22,23,24,25). The summed E-state index contributed by atoms with van der Waals surface area (Å²) in [7, 11) is 1.67. The first kappa shape index (κ1) is 18.5. The molecule has 0 saturated carbocycles. The molecule has 3 rings (SSSR count). The van der Waals surface area contributed by atoms with Gasteiger partial charge in [0.25, 0.3) is 0 Å². The maximum absolute atomic E-state index is 5.45.